The molecule has 1 amide bonds. The number of carboxylic acid groups (broad SMARTS) is 1. The van der Waals surface area contributed by atoms with Gasteiger partial charge in [0.05, 0.1) is 23.8 Å². The first kappa shape index (κ1) is 28.3. The molecule has 0 aromatic heterocycles. The Hall–Kier alpha value is -1.75. The van der Waals surface area contributed by atoms with Gasteiger partial charge in [0.1, 0.15) is 0 Å². The first-order valence-electron chi connectivity index (χ1n) is 10.0. The van der Waals surface area contributed by atoms with Crippen molar-refractivity contribution in [3.8, 4) is 0 Å². The molecule has 32 heavy (non-hydrogen) atoms. The van der Waals surface area contributed by atoms with Crippen molar-refractivity contribution < 1.29 is 52.7 Å². The average Bonchev–Trinajstić information content (AvgIpc) is 2.75. The Morgan fingerprint density at radius 1 is 0.906 bits per heavy atom. The standard InChI is InChI=1S/C22H29N3O5S.Na/c1-23-19(15-17-9-4-2-5-10-17)21(26)24-13-8-14-31(29,30)25-20(22(27)28)16-18-11-6-3-7-12-18;/h2-7,9-12,19-20,23,25H,8,13-16H2,1H3,(H,24,26)(H,27,28);/q;+1/p-1/t19-,20-;/m0./s1. The summed E-state index contributed by atoms with van der Waals surface area (Å²) in [6.45, 7) is 0.154. The minimum atomic E-state index is -3.86. The van der Waals surface area contributed by atoms with Crippen LogP contribution in [0.1, 0.15) is 17.5 Å². The van der Waals surface area contributed by atoms with Crippen LogP contribution in [0.3, 0.4) is 0 Å². The Kier molecular flexibility index (Phi) is 12.7. The Balaban J connectivity index is 0.00000512. The molecule has 0 saturated carbocycles. The number of hydrogen-bond donors (Lipinski definition) is 3. The molecule has 0 unspecified atom stereocenters. The number of carbonyl (C=O) groups excluding carboxylic acids is 2. The van der Waals surface area contributed by atoms with Crippen LogP contribution in [0.15, 0.2) is 60.7 Å². The van der Waals surface area contributed by atoms with Crippen molar-refractivity contribution in [2.24, 2.45) is 0 Å². The van der Waals surface area contributed by atoms with Gasteiger partial charge in [-0.25, -0.2) is 13.1 Å². The van der Waals surface area contributed by atoms with Gasteiger partial charge in [0.2, 0.25) is 15.9 Å². The Bertz CT molecular complexity index is 943. The fourth-order valence-electron chi connectivity index (χ4n) is 3.07. The van der Waals surface area contributed by atoms with Crippen molar-refractivity contribution in [1.29, 1.82) is 0 Å². The van der Waals surface area contributed by atoms with E-state index in [9.17, 15) is 23.1 Å². The fraction of sp³-hybridized carbons (Fsp3) is 0.364. The molecule has 0 spiro atoms. The monoisotopic (exact) mass is 469 g/mol. The summed E-state index contributed by atoms with van der Waals surface area (Å²) in [7, 11) is -2.17. The molecular weight excluding hydrogens is 441 g/mol. The molecule has 168 valence electrons. The third-order valence-corrected chi connectivity index (χ3v) is 6.20. The van der Waals surface area contributed by atoms with Gasteiger partial charge in [-0.2, -0.15) is 0 Å². The van der Waals surface area contributed by atoms with Crippen molar-refractivity contribution in [2.45, 2.75) is 31.3 Å². The molecule has 0 aliphatic carbocycles. The smallest absolute Gasteiger partial charge is 0.548 e. The summed E-state index contributed by atoms with van der Waals surface area (Å²) in [4.78, 5) is 23.7. The molecule has 2 atom stereocenters. The molecule has 2 aromatic carbocycles. The van der Waals surface area contributed by atoms with Crippen molar-refractivity contribution in [2.75, 3.05) is 19.3 Å². The molecule has 0 aliphatic rings. The first-order chi connectivity index (χ1) is 14.8. The molecule has 8 nitrogen and oxygen atoms in total. The zero-order chi connectivity index (χ0) is 22.7. The third-order valence-electron chi connectivity index (χ3n) is 4.73. The molecular formula is C22H28N3NaO5S. The maximum absolute atomic E-state index is 12.3. The number of hydrogen-bond acceptors (Lipinski definition) is 6. The van der Waals surface area contributed by atoms with Gasteiger partial charge in [-0.05, 0) is 37.4 Å². The Morgan fingerprint density at radius 2 is 1.41 bits per heavy atom. The second-order valence-corrected chi connectivity index (χ2v) is 9.05. The number of amides is 1. The number of nitrogens with one attached hydrogen (secondary N) is 3. The van der Waals surface area contributed by atoms with Gasteiger partial charge in [-0.15, -0.1) is 0 Å². The van der Waals surface area contributed by atoms with Gasteiger partial charge >= 0.3 is 29.6 Å². The van der Waals surface area contributed by atoms with Crippen LogP contribution in [0.5, 0.6) is 0 Å². The van der Waals surface area contributed by atoms with Crippen LogP contribution in [0.25, 0.3) is 0 Å². The van der Waals surface area contributed by atoms with E-state index in [1.807, 2.05) is 30.3 Å². The van der Waals surface area contributed by atoms with Crippen LogP contribution < -0.4 is 50.0 Å². The van der Waals surface area contributed by atoms with E-state index in [2.05, 4.69) is 15.4 Å². The van der Waals surface area contributed by atoms with E-state index in [1.54, 1.807) is 37.4 Å². The van der Waals surface area contributed by atoms with Crippen molar-refractivity contribution in [1.82, 2.24) is 15.4 Å². The van der Waals surface area contributed by atoms with E-state index < -0.39 is 28.1 Å². The largest absolute Gasteiger partial charge is 1.00 e. The molecule has 10 heteroatoms. The van der Waals surface area contributed by atoms with Gasteiger partial charge < -0.3 is 20.5 Å². The fourth-order valence-corrected chi connectivity index (χ4v) is 4.33. The number of likely N-dealkylation sites (N-methyl/N-ethyl adjacent to an activating group) is 1. The molecule has 0 saturated heterocycles. The number of carboxylic acids is 1. The summed E-state index contributed by atoms with van der Waals surface area (Å²) in [5.74, 6) is -2.03. The van der Waals surface area contributed by atoms with Crippen molar-refractivity contribution in [3.05, 3.63) is 71.8 Å². The summed E-state index contributed by atoms with van der Waals surface area (Å²) in [5, 5.41) is 17.0. The van der Waals surface area contributed by atoms with E-state index in [4.69, 9.17) is 0 Å². The molecule has 2 rings (SSSR count). The minimum Gasteiger partial charge on any atom is -0.548 e. The van der Waals surface area contributed by atoms with Crippen LogP contribution in [-0.4, -0.2) is 51.7 Å². The van der Waals surface area contributed by atoms with Gasteiger partial charge in [0.25, 0.3) is 0 Å². The van der Waals surface area contributed by atoms with Crippen molar-refractivity contribution in [3.63, 3.8) is 0 Å². The quantitative estimate of drug-likeness (QED) is 0.207. The van der Waals surface area contributed by atoms with Gasteiger partial charge in [0.15, 0.2) is 0 Å². The SMILES string of the molecule is CN[C@@H](Cc1ccccc1)C(=O)NCCCS(=O)(=O)N[C@@H](Cc1ccccc1)C(=O)[O-].[Na+]. The zero-order valence-corrected chi connectivity index (χ0v) is 21.2. The van der Waals surface area contributed by atoms with Gasteiger partial charge in [0, 0.05) is 6.54 Å². The summed E-state index contributed by atoms with van der Waals surface area (Å²) < 4.78 is 26.7. The second-order valence-electron chi connectivity index (χ2n) is 7.17. The molecule has 0 radical (unpaired) electrons. The van der Waals surface area contributed by atoms with Crippen LogP contribution in [-0.2, 0) is 32.5 Å². The van der Waals surface area contributed by atoms with Crippen LogP contribution >= 0.6 is 0 Å². The number of aliphatic carboxylic acids is 1. The summed E-state index contributed by atoms with van der Waals surface area (Å²) >= 11 is 0. The predicted molar refractivity (Wildman–Crippen MR) is 116 cm³/mol. The number of rotatable bonds is 13. The normalized spacial score (nSPS) is 12.9. The minimum absolute atomic E-state index is 0. The van der Waals surface area contributed by atoms with Crippen LogP contribution in [0.2, 0.25) is 0 Å². The van der Waals surface area contributed by atoms with E-state index in [1.165, 1.54) is 0 Å². The molecule has 0 bridgehead atoms. The number of carbonyl (C=O) groups is 2. The average molecular weight is 470 g/mol. The predicted octanol–water partition coefficient (Wildman–Crippen LogP) is -3.39. The van der Waals surface area contributed by atoms with E-state index in [-0.39, 0.29) is 60.6 Å². The van der Waals surface area contributed by atoms with Gasteiger partial charge in [-0.1, -0.05) is 60.7 Å². The topological polar surface area (TPSA) is 127 Å². The molecule has 0 heterocycles. The van der Waals surface area contributed by atoms with Gasteiger partial charge in [-0.3, -0.25) is 4.79 Å². The number of sulfonamides is 1. The Labute approximate surface area is 211 Å². The maximum Gasteiger partial charge on any atom is 1.00 e. The summed E-state index contributed by atoms with van der Waals surface area (Å²) in [6, 6.07) is 16.5. The Morgan fingerprint density at radius 3 is 1.88 bits per heavy atom. The summed E-state index contributed by atoms with van der Waals surface area (Å²) in [6.07, 6.45) is 0.645. The van der Waals surface area contributed by atoms with Crippen LogP contribution in [0.4, 0.5) is 0 Å². The molecule has 2 aromatic rings. The van der Waals surface area contributed by atoms with Crippen LogP contribution in [0, 0.1) is 0 Å². The van der Waals surface area contributed by atoms with E-state index in [0.29, 0.717) is 12.0 Å². The second kappa shape index (κ2) is 14.4. The third kappa shape index (κ3) is 10.2. The van der Waals surface area contributed by atoms with E-state index in [0.717, 1.165) is 5.56 Å². The molecule has 0 aliphatic heterocycles. The van der Waals surface area contributed by atoms with E-state index >= 15 is 0 Å². The maximum atomic E-state index is 12.3. The summed E-state index contributed by atoms with van der Waals surface area (Å²) in [5.41, 5.74) is 1.69. The first-order valence-corrected chi connectivity index (χ1v) is 11.7. The molecule has 3 N–H and O–H groups in total. The van der Waals surface area contributed by atoms with Crippen molar-refractivity contribution >= 4 is 21.9 Å². The molecule has 0 fully saturated rings. The zero-order valence-electron chi connectivity index (χ0n) is 18.4. The number of benzene rings is 2.